The number of aromatic nitrogens is 1. The highest BCUT2D eigenvalue weighted by Crippen LogP contribution is 2.16. The second-order valence-corrected chi connectivity index (χ2v) is 3.05. The minimum atomic E-state index is -0.890. The van der Waals surface area contributed by atoms with Crippen LogP contribution in [0.1, 0.15) is 5.56 Å². The van der Waals surface area contributed by atoms with Gasteiger partial charge in [0.2, 0.25) is 0 Å². The first-order valence-electron chi connectivity index (χ1n) is 3.21. The summed E-state index contributed by atoms with van der Waals surface area (Å²) >= 11 is 3.11. The van der Waals surface area contributed by atoms with Crippen LogP contribution in [-0.2, 0) is 11.2 Å². The molecule has 12 heavy (non-hydrogen) atoms. The summed E-state index contributed by atoms with van der Waals surface area (Å²) in [6, 6.07) is 1.59. The maximum Gasteiger partial charge on any atom is 0.307 e. The van der Waals surface area contributed by atoms with Crippen LogP contribution in [-0.4, -0.2) is 16.1 Å². The number of hydrogen-bond acceptors (Lipinski definition) is 3. The third-order valence-corrected chi connectivity index (χ3v) is 1.94. The van der Waals surface area contributed by atoms with Crippen molar-refractivity contribution in [1.29, 1.82) is 0 Å². The zero-order valence-corrected chi connectivity index (χ0v) is 7.71. The van der Waals surface area contributed by atoms with Crippen molar-refractivity contribution in [3.05, 3.63) is 22.4 Å². The first-order valence-corrected chi connectivity index (χ1v) is 4.00. The molecular formula is C7H7BrN2O2. The Hall–Kier alpha value is -1.10. The molecule has 0 aliphatic carbocycles. The third-order valence-electron chi connectivity index (χ3n) is 1.28. The van der Waals surface area contributed by atoms with Crippen LogP contribution in [0, 0.1) is 0 Å². The van der Waals surface area contributed by atoms with Crippen LogP contribution in [0.4, 0.5) is 5.69 Å². The van der Waals surface area contributed by atoms with Crippen LogP contribution in [0.3, 0.4) is 0 Å². The molecule has 0 amide bonds. The molecule has 0 aliphatic heterocycles. The third kappa shape index (κ3) is 2.20. The number of pyridine rings is 1. The van der Waals surface area contributed by atoms with E-state index >= 15 is 0 Å². The predicted molar refractivity (Wildman–Crippen MR) is 47.7 cm³/mol. The standard InChI is InChI=1S/C7H7BrN2O2/c8-7-5(9)1-4(3-10-7)2-6(11)12/h1,3H,2,9H2,(H,11,12). The maximum atomic E-state index is 10.3. The number of nitrogen functional groups attached to an aromatic ring is 1. The normalized spacial score (nSPS) is 9.75. The molecule has 0 radical (unpaired) electrons. The van der Waals surface area contributed by atoms with E-state index in [1.165, 1.54) is 6.20 Å². The largest absolute Gasteiger partial charge is 0.481 e. The number of nitrogens with two attached hydrogens (primary N) is 1. The van der Waals surface area contributed by atoms with Crippen molar-refractivity contribution in [2.75, 3.05) is 5.73 Å². The highest BCUT2D eigenvalue weighted by molar-refractivity contribution is 9.10. The van der Waals surface area contributed by atoms with Crippen LogP contribution in [0.2, 0.25) is 0 Å². The van der Waals surface area contributed by atoms with Crippen molar-refractivity contribution in [3.8, 4) is 0 Å². The van der Waals surface area contributed by atoms with E-state index in [1.54, 1.807) is 6.07 Å². The summed E-state index contributed by atoms with van der Waals surface area (Å²) in [6.45, 7) is 0. The average Bonchev–Trinajstić information content (AvgIpc) is 1.96. The van der Waals surface area contributed by atoms with Crippen molar-refractivity contribution in [2.45, 2.75) is 6.42 Å². The predicted octanol–water partition coefficient (Wildman–Crippen LogP) is 1.05. The fraction of sp³-hybridized carbons (Fsp3) is 0.143. The molecule has 1 rings (SSSR count). The first-order chi connectivity index (χ1) is 5.59. The Bertz CT molecular complexity index is 314. The topological polar surface area (TPSA) is 76.2 Å². The maximum absolute atomic E-state index is 10.3. The van der Waals surface area contributed by atoms with Gasteiger partial charge in [-0.25, -0.2) is 4.98 Å². The number of carbonyl (C=O) groups is 1. The fourth-order valence-corrected chi connectivity index (χ4v) is 0.999. The quantitative estimate of drug-likeness (QED) is 0.746. The summed E-state index contributed by atoms with van der Waals surface area (Å²) in [6.07, 6.45) is 1.43. The molecule has 0 bridgehead atoms. The van der Waals surface area contributed by atoms with Gasteiger partial charge in [-0.3, -0.25) is 4.79 Å². The van der Waals surface area contributed by atoms with E-state index in [1.807, 2.05) is 0 Å². The van der Waals surface area contributed by atoms with Gasteiger partial charge >= 0.3 is 5.97 Å². The van der Waals surface area contributed by atoms with Crippen molar-refractivity contribution in [3.63, 3.8) is 0 Å². The molecule has 5 heteroatoms. The molecule has 1 aromatic heterocycles. The summed E-state index contributed by atoms with van der Waals surface area (Å²) < 4.78 is 0.539. The van der Waals surface area contributed by atoms with Crippen molar-refractivity contribution in [2.24, 2.45) is 0 Å². The van der Waals surface area contributed by atoms with E-state index in [2.05, 4.69) is 20.9 Å². The van der Waals surface area contributed by atoms with E-state index in [9.17, 15) is 4.79 Å². The highest BCUT2D eigenvalue weighted by Gasteiger charge is 2.03. The van der Waals surface area contributed by atoms with Crippen molar-refractivity contribution in [1.82, 2.24) is 4.98 Å². The number of anilines is 1. The minimum absolute atomic E-state index is 0.0511. The van der Waals surface area contributed by atoms with Crippen LogP contribution in [0.5, 0.6) is 0 Å². The number of halogens is 1. The van der Waals surface area contributed by atoms with E-state index in [4.69, 9.17) is 10.8 Å². The van der Waals surface area contributed by atoms with Crippen LogP contribution in [0.15, 0.2) is 16.9 Å². The minimum Gasteiger partial charge on any atom is -0.481 e. The number of nitrogens with zero attached hydrogens (tertiary/aromatic N) is 1. The summed E-state index contributed by atoms with van der Waals surface area (Å²) in [5.41, 5.74) is 6.55. The Balaban J connectivity index is 2.89. The number of carboxylic acids is 1. The molecule has 0 unspecified atom stereocenters. The van der Waals surface area contributed by atoms with E-state index in [0.717, 1.165) is 0 Å². The second kappa shape index (κ2) is 3.53. The second-order valence-electron chi connectivity index (χ2n) is 2.29. The van der Waals surface area contributed by atoms with Gasteiger partial charge in [0.15, 0.2) is 0 Å². The molecule has 1 aromatic rings. The highest BCUT2D eigenvalue weighted by atomic mass is 79.9. The lowest BCUT2D eigenvalue weighted by atomic mass is 10.2. The Morgan fingerprint density at radius 3 is 2.92 bits per heavy atom. The molecule has 0 fully saturated rings. The summed E-state index contributed by atoms with van der Waals surface area (Å²) in [5.74, 6) is -0.890. The van der Waals surface area contributed by atoms with Gasteiger partial charge < -0.3 is 10.8 Å². The van der Waals surface area contributed by atoms with E-state index in [-0.39, 0.29) is 6.42 Å². The summed E-state index contributed by atoms with van der Waals surface area (Å²) in [7, 11) is 0. The zero-order chi connectivity index (χ0) is 9.14. The molecule has 0 spiro atoms. The van der Waals surface area contributed by atoms with Gasteiger partial charge in [0.05, 0.1) is 12.1 Å². The molecule has 0 saturated heterocycles. The van der Waals surface area contributed by atoms with Crippen LogP contribution in [0.25, 0.3) is 0 Å². The van der Waals surface area contributed by atoms with Crippen LogP contribution >= 0.6 is 15.9 Å². The molecule has 4 nitrogen and oxygen atoms in total. The number of carboxylic acid groups (broad SMARTS) is 1. The van der Waals surface area contributed by atoms with Gasteiger partial charge in [0, 0.05) is 6.20 Å². The molecule has 0 saturated carbocycles. The first kappa shape index (κ1) is 8.99. The lowest BCUT2D eigenvalue weighted by Gasteiger charge is -1.99. The van der Waals surface area contributed by atoms with Gasteiger partial charge in [-0.1, -0.05) is 0 Å². The van der Waals surface area contributed by atoms with Crippen LogP contribution < -0.4 is 5.73 Å². The van der Waals surface area contributed by atoms with Gasteiger partial charge in [-0.15, -0.1) is 0 Å². The van der Waals surface area contributed by atoms with E-state index in [0.29, 0.717) is 15.9 Å². The van der Waals surface area contributed by atoms with Gasteiger partial charge in [-0.05, 0) is 27.6 Å². The van der Waals surface area contributed by atoms with Gasteiger partial charge in [0.25, 0.3) is 0 Å². The Morgan fingerprint density at radius 2 is 2.42 bits per heavy atom. The Labute approximate surface area is 77.5 Å². The fourth-order valence-electron chi connectivity index (χ4n) is 0.782. The summed E-state index contributed by atoms with van der Waals surface area (Å²) in [5, 5.41) is 8.45. The Kier molecular flexibility index (Phi) is 2.65. The lowest BCUT2D eigenvalue weighted by molar-refractivity contribution is -0.136. The van der Waals surface area contributed by atoms with Crippen molar-refractivity contribution >= 4 is 27.6 Å². The monoisotopic (exact) mass is 230 g/mol. The van der Waals surface area contributed by atoms with Gasteiger partial charge in [-0.2, -0.15) is 0 Å². The number of rotatable bonds is 2. The number of hydrogen-bond donors (Lipinski definition) is 2. The number of aliphatic carboxylic acids is 1. The molecule has 3 N–H and O–H groups in total. The Morgan fingerprint density at radius 1 is 1.75 bits per heavy atom. The lowest BCUT2D eigenvalue weighted by Crippen LogP contribution is -2.01. The molecule has 64 valence electrons. The molecular weight excluding hydrogens is 224 g/mol. The SMILES string of the molecule is Nc1cc(CC(=O)O)cnc1Br. The van der Waals surface area contributed by atoms with Crippen molar-refractivity contribution < 1.29 is 9.90 Å². The van der Waals surface area contributed by atoms with Gasteiger partial charge in [0.1, 0.15) is 4.60 Å². The average molecular weight is 231 g/mol. The zero-order valence-electron chi connectivity index (χ0n) is 6.12. The molecule has 0 aliphatic rings. The molecule has 1 heterocycles. The molecule has 0 aromatic carbocycles. The van der Waals surface area contributed by atoms with E-state index < -0.39 is 5.97 Å². The molecule has 0 atom stereocenters. The summed E-state index contributed by atoms with van der Waals surface area (Å²) in [4.78, 5) is 14.1. The smallest absolute Gasteiger partial charge is 0.307 e.